The highest BCUT2D eigenvalue weighted by molar-refractivity contribution is 7.88. The van der Waals surface area contributed by atoms with E-state index >= 15 is 0 Å². The van der Waals surface area contributed by atoms with Crippen LogP contribution in [0.15, 0.2) is 60.7 Å². The number of sulfonamides is 1. The minimum Gasteiger partial charge on any atom is -0.348 e. The van der Waals surface area contributed by atoms with Crippen LogP contribution in [0.5, 0.6) is 0 Å². The Labute approximate surface area is 149 Å². The van der Waals surface area contributed by atoms with Crippen molar-refractivity contribution in [1.29, 1.82) is 0 Å². The monoisotopic (exact) mass is 360 g/mol. The lowest BCUT2D eigenvalue weighted by atomic mass is 10.0. The summed E-state index contributed by atoms with van der Waals surface area (Å²) in [6.07, 6.45) is 1.85. The van der Waals surface area contributed by atoms with Gasteiger partial charge in [0, 0.05) is 6.54 Å². The van der Waals surface area contributed by atoms with Crippen LogP contribution < -0.4 is 5.32 Å². The Morgan fingerprint density at radius 2 is 1.60 bits per heavy atom. The third-order valence-corrected chi connectivity index (χ3v) is 5.13. The van der Waals surface area contributed by atoms with Crippen LogP contribution in [0.4, 0.5) is 0 Å². The molecule has 0 bridgehead atoms. The van der Waals surface area contributed by atoms with Crippen molar-refractivity contribution < 1.29 is 13.2 Å². The summed E-state index contributed by atoms with van der Waals surface area (Å²) in [5, 5.41) is 2.93. The van der Waals surface area contributed by atoms with E-state index in [0.717, 1.165) is 23.8 Å². The minimum absolute atomic E-state index is 0.133. The van der Waals surface area contributed by atoms with Gasteiger partial charge in [0.25, 0.3) is 0 Å². The predicted molar refractivity (Wildman–Crippen MR) is 99.3 cm³/mol. The van der Waals surface area contributed by atoms with Crippen LogP contribution in [0.1, 0.15) is 30.5 Å². The van der Waals surface area contributed by atoms with Crippen LogP contribution in [0, 0.1) is 0 Å². The normalized spacial score (nSPS) is 12.8. The van der Waals surface area contributed by atoms with E-state index in [0.29, 0.717) is 0 Å². The van der Waals surface area contributed by atoms with Crippen molar-refractivity contribution in [2.24, 2.45) is 0 Å². The maximum atomic E-state index is 12.4. The van der Waals surface area contributed by atoms with Gasteiger partial charge in [-0.05, 0) is 17.5 Å². The predicted octanol–water partition coefficient (Wildman–Crippen LogP) is 2.72. The van der Waals surface area contributed by atoms with Gasteiger partial charge in [0.05, 0.1) is 18.8 Å². The zero-order chi connectivity index (χ0) is 18.3. The number of hydrogen-bond donors (Lipinski definition) is 1. The van der Waals surface area contributed by atoms with Gasteiger partial charge in [-0.3, -0.25) is 4.79 Å². The number of amides is 1. The Bertz CT molecular complexity index is 777. The molecule has 2 aromatic carbocycles. The van der Waals surface area contributed by atoms with Crippen LogP contribution in [-0.2, 0) is 21.4 Å². The van der Waals surface area contributed by atoms with E-state index in [4.69, 9.17) is 0 Å². The molecule has 25 heavy (non-hydrogen) atoms. The van der Waals surface area contributed by atoms with Gasteiger partial charge in [-0.15, -0.1) is 0 Å². The molecule has 0 fully saturated rings. The first-order valence-corrected chi connectivity index (χ1v) is 10.1. The Hall–Kier alpha value is -2.18. The molecular weight excluding hydrogens is 336 g/mol. The van der Waals surface area contributed by atoms with E-state index in [1.165, 1.54) is 4.31 Å². The fourth-order valence-electron chi connectivity index (χ4n) is 2.58. The summed E-state index contributed by atoms with van der Waals surface area (Å²) in [4.78, 5) is 12.4. The molecule has 1 unspecified atom stereocenters. The number of rotatable bonds is 8. The van der Waals surface area contributed by atoms with Crippen molar-refractivity contribution in [3.63, 3.8) is 0 Å². The molecule has 0 saturated carbocycles. The second-order valence-electron chi connectivity index (χ2n) is 5.96. The van der Waals surface area contributed by atoms with Crippen molar-refractivity contribution in [2.45, 2.75) is 25.9 Å². The Morgan fingerprint density at radius 3 is 2.12 bits per heavy atom. The lowest BCUT2D eigenvalue weighted by Gasteiger charge is -2.22. The third-order valence-electron chi connectivity index (χ3n) is 3.94. The van der Waals surface area contributed by atoms with Gasteiger partial charge < -0.3 is 5.32 Å². The number of benzene rings is 2. The molecule has 0 aliphatic rings. The van der Waals surface area contributed by atoms with Crippen molar-refractivity contribution in [2.75, 3.05) is 12.8 Å². The highest BCUT2D eigenvalue weighted by Gasteiger charge is 2.22. The molecular formula is C19H24N2O3S. The van der Waals surface area contributed by atoms with E-state index < -0.39 is 10.0 Å². The highest BCUT2D eigenvalue weighted by atomic mass is 32.2. The van der Waals surface area contributed by atoms with Gasteiger partial charge in [-0.1, -0.05) is 67.6 Å². The number of nitrogens with one attached hydrogen (secondary N) is 1. The Morgan fingerprint density at radius 1 is 1.04 bits per heavy atom. The molecule has 5 nitrogen and oxygen atoms in total. The van der Waals surface area contributed by atoms with Crippen molar-refractivity contribution in [3.8, 4) is 0 Å². The number of carbonyl (C=O) groups excluding carboxylic acids is 1. The lowest BCUT2D eigenvalue weighted by molar-refractivity contribution is -0.122. The SMILES string of the molecule is CCC(NC(=O)CN(Cc1ccccc1)S(C)(=O)=O)c1ccccc1. The first kappa shape index (κ1) is 19.1. The summed E-state index contributed by atoms with van der Waals surface area (Å²) in [6.45, 7) is 1.96. The average Bonchev–Trinajstić information content (AvgIpc) is 2.60. The summed E-state index contributed by atoms with van der Waals surface area (Å²) in [5.74, 6) is -0.308. The second-order valence-corrected chi connectivity index (χ2v) is 7.94. The first-order chi connectivity index (χ1) is 11.9. The van der Waals surface area contributed by atoms with E-state index in [2.05, 4.69) is 5.32 Å². The summed E-state index contributed by atoms with van der Waals surface area (Å²) in [5.41, 5.74) is 1.85. The van der Waals surface area contributed by atoms with Crippen LogP contribution in [0.3, 0.4) is 0 Å². The quantitative estimate of drug-likeness (QED) is 0.787. The van der Waals surface area contributed by atoms with E-state index in [1.807, 2.05) is 67.6 Å². The van der Waals surface area contributed by atoms with Gasteiger partial charge in [0.1, 0.15) is 0 Å². The fraction of sp³-hybridized carbons (Fsp3) is 0.316. The van der Waals surface area contributed by atoms with Gasteiger partial charge in [0.15, 0.2) is 0 Å². The minimum atomic E-state index is -3.49. The Balaban J connectivity index is 2.06. The van der Waals surface area contributed by atoms with E-state index in [1.54, 1.807) is 0 Å². The van der Waals surface area contributed by atoms with Crippen molar-refractivity contribution in [1.82, 2.24) is 9.62 Å². The van der Waals surface area contributed by atoms with Crippen molar-refractivity contribution >= 4 is 15.9 Å². The zero-order valence-corrected chi connectivity index (χ0v) is 15.4. The molecule has 0 aliphatic heterocycles. The fourth-order valence-corrected chi connectivity index (χ4v) is 3.32. The molecule has 2 aromatic rings. The molecule has 0 aliphatic carbocycles. The van der Waals surface area contributed by atoms with Crippen LogP contribution in [0.2, 0.25) is 0 Å². The molecule has 0 aromatic heterocycles. The van der Waals surface area contributed by atoms with Gasteiger partial charge in [0.2, 0.25) is 15.9 Å². The second kappa shape index (κ2) is 8.78. The molecule has 0 spiro atoms. The van der Waals surface area contributed by atoms with E-state index in [-0.39, 0.29) is 25.0 Å². The molecule has 2 rings (SSSR count). The van der Waals surface area contributed by atoms with Crippen molar-refractivity contribution in [3.05, 3.63) is 71.8 Å². The molecule has 1 atom stereocenters. The zero-order valence-electron chi connectivity index (χ0n) is 14.6. The molecule has 0 radical (unpaired) electrons. The summed E-state index contributed by atoms with van der Waals surface area (Å²) in [7, 11) is -3.49. The smallest absolute Gasteiger partial charge is 0.235 e. The van der Waals surface area contributed by atoms with Gasteiger partial charge >= 0.3 is 0 Å². The Kier molecular flexibility index (Phi) is 6.73. The molecule has 6 heteroatoms. The summed E-state index contributed by atoms with van der Waals surface area (Å²) >= 11 is 0. The molecule has 134 valence electrons. The number of carbonyl (C=O) groups is 1. The van der Waals surface area contributed by atoms with Crippen LogP contribution in [-0.4, -0.2) is 31.4 Å². The standard InChI is InChI=1S/C19H24N2O3S/c1-3-18(17-12-8-5-9-13-17)20-19(22)15-21(25(2,23)24)14-16-10-6-4-7-11-16/h4-13,18H,3,14-15H2,1-2H3,(H,20,22). The first-order valence-electron chi connectivity index (χ1n) is 8.23. The van der Waals surface area contributed by atoms with Gasteiger partial charge in [-0.25, -0.2) is 8.42 Å². The molecule has 1 N–H and O–H groups in total. The molecule has 1 amide bonds. The summed E-state index contributed by atoms with van der Waals surface area (Å²) < 4.78 is 25.3. The maximum absolute atomic E-state index is 12.4. The average molecular weight is 360 g/mol. The summed E-state index contributed by atoms with van der Waals surface area (Å²) in [6, 6.07) is 18.8. The largest absolute Gasteiger partial charge is 0.348 e. The lowest BCUT2D eigenvalue weighted by Crippen LogP contribution is -2.41. The topological polar surface area (TPSA) is 66.5 Å². The van der Waals surface area contributed by atoms with Crippen LogP contribution in [0.25, 0.3) is 0 Å². The van der Waals surface area contributed by atoms with E-state index in [9.17, 15) is 13.2 Å². The molecule has 0 saturated heterocycles. The number of hydrogen-bond acceptors (Lipinski definition) is 3. The highest BCUT2D eigenvalue weighted by Crippen LogP contribution is 2.16. The van der Waals surface area contributed by atoms with Crippen LogP contribution >= 0.6 is 0 Å². The number of nitrogens with zero attached hydrogens (tertiary/aromatic N) is 1. The third kappa shape index (κ3) is 5.99. The maximum Gasteiger partial charge on any atom is 0.235 e. The molecule has 0 heterocycles. The van der Waals surface area contributed by atoms with Gasteiger partial charge in [-0.2, -0.15) is 4.31 Å².